The van der Waals surface area contributed by atoms with Crippen molar-refractivity contribution < 1.29 is 9.59 Å². The van der Waals surface area contributed by atoms with Gasteiger partial charge in [0.1, 0.15) is 11.6 Å². The topological polar surface area (TPSA) is 64.8 Å². The molecule has 0 saturated carbocycles. The van der Waals surface area contributed by atoms with E-state index in [0.717, 1.165) is 44.3 Å². The van der Waals surface area contributed by atoms with Gasteiger partial charge >= 0.3 is 0 Å². The number of carbonyl (C=O) groups is 2. The lowest BCUT2D eigenvalue weighted by atomic mass is 10.1. The van der Waals surface area contributed by atoms with Crippen LogP contribution in [0.25, 0.3) is 0 Å². The molecule has 0 spiro atoms. The highest BCUT2D eigenvalue weighted by molar-refractivity contribution is 5.77. The highest BCUT2D eigenvalue weighted by atomic mass is 16.1. The van der Waals surface area contributed by atoms with Crippen molar-refractivity contribution in [1.29, 1.82) is 0 Å². The highest BCUT2D eigenvalue weighted by Crippen LogP contribution is 2.06. The summed E-state index contributed by atoms with van der Waals surface area (Å²) in [7, 11) is 0. The number of ketones is 2. The fraction of sp³-hybridized carbons (Fsp3) is 0.733. The average Bonchev–Trinajstić information content (AvgIpc) is 2.87. The molecule has 1 aromatic rings. The first-order valence-electron chi connectivity index (χ1n) is 7.52. The molecular formula is C15H25N3O2. The minimum atomic E-state index is 0.242. The molecular weight excluding hydrogens is 254 g/mol. The third-order valence-electron chi connectivity index (χ3n) is 3.29. The van der Waals surface area contributed by atoms with Crippen molar-refractivity contribution in [2.24, 2.45) is 0 Å². The average molecular weight is 279 g/mol. The number of nitrogens with zero attached hydrogens (tertiary/aromatic N) is 3. The first kappa shape index (κ1) is 16.5. The van der Waals surface area contributed by atoms with E-state index in [1.165, 1.54) is 0 Å². The zero-order chi connectivity index (χ0) is 14.8. The summed E-state index contributed by atoms with van der Waals surface area (Å²) in [6.07, 6.45) is 8.57. The quantitative estimate of drug-likeness (QED) is 0.584. The van der Waals surface area contributed by atoms with Crippen LogP contribution in [-0.2, 0) is 22.6 Å². The van der Waals surface area contributed by atoms with Gasteiger partial charge in [-0.3, -0.25) is 9.48 Å². The SMILES string of the molecule is CCC(=O)CCCCc1cn(CCCCC(C)=O)nn1. The Balaban J connectivity index is 2.15. The monoisotopic (exact) mass is 279 g/mol. The third-order valence-corrected chi connectivity index (χ3v) is 3.29. The predicted octanol–water partition coefficient (Wildman–Crippen LogP) is 2.73. The van der Waals surface area contributed by atoms with Crippen LogP contribution in [0.5, 0.6) is 0 Å². The fourth-order valence-corrected chi connectivity index (χ4v) is 2.02. The first-order valence-corrected chi connectivity index (χ1v) is 7.52. The van der Waals surface area contributed by atoms with Gasteiger partial charge in [0.2, 0.25) is 0 Å². The molecule has 0 unspecified atom stereocenters. The van der Waals surface area contributed by atoms with E-state index in [4.69, 9.17) is 0 Å². The van der Waals surface area contributed by atoms with Crippen LogP contribution in [-0.4, -0.2) is 26.6 Å². The minimum absolute atomic E-state index is 0.242. The number of Topliss-reactive ketones (excluding diaryl/α,β-unsaturated/α-hetero) is 2. The van der Waals surface area contributed by atoms with Gasteiger partial charge in [-0.05, 0) is 39.0 Å². The summed E-state index contributed by atoms with van der Waals surface area (Å²) in [5.41, 5.74) is 0.987. The van der Waals surface area contributed by atoms with Crippen LogP contribution in [0, 0.1) is 0 Å². The van der Waals surface area contributed by atoms with Crippen LogP contribution in [0.1, 0.15) is 64.5 Å². The normalized spacial score (nSPS) is 10.7. The number of carbonyl (C=O) groups excluding carboxylic acids is 2. The lowest BCUT2D eigenvalue weighted by Gasteiger charge is -1.99. The minimum Gasteiger partial charge on any atom is -0.300 e. The van der Waals surface area contributed by atoms with Crippen LogP contribution in [0.2, 0.25) is 0 Å². The van der Waals surface area contributed by atoms with Gasteiger partial charge < -0.3 is 4.79 Å². The predicted molar refractivity (Wildman–Crippen MR) is 77.4 cm³/mol. The molecule has 0 aliphatic heterocycles. The molecule has 0 aromatic carbocycles. The molecule has 112 valence electrons. The van der Waals surface area contributed by atoms with E-state index in [2.05, 4.69) is 10.3 Å². The molecule has 0 amide bonds. The molecule has 0 bridgehead atoms. The number of hydrogen-bond acceptors (Lipinski definition) is 4. The van der Waals surface area contributed by atoms with E-state index in [1.54, 1.807) is 6.92 Å². The Morgan fingerprint density at radius 3 is 2.60 bits per heavy atom. The van der Waals surface area contributed by atoms with Gasteiger partial charge in [-0.2, -0.15) is 0 Å². The lowest BCUT2D eigenvalue weighted by Crippen LogP contribution is -2.00. The van der Waals surface area contributed by atoms with Gasteiger partial charge in [0.15, 0.2) is 0 Å². The van der Waals surface area contributed by atoms with Crippen molar-refractivity contribution in [1.82, 2.24) is 15.0 Å². The summed E-state index contributed by atoms with van der Waals surface area (Å²) in [4.78, 5) is 22.0. The molecule has 5 heteroatoms. The maximum absolute atomic E-state index is 11.2. The van der Waals surface area contributed by atoms with E-state index in [0.29, 0.717) is 25.0 Å². The smallest absolute Gasteiger partial charge is 0.132 e. The number of aromatic nitrogens is 3. The number of rotatable bonds is 11. The van der Waals surface area contributed by atoms with Gasteiger partial charge in [-0.1, -0.05) is 12.1 Å². The van der Waals surface area contributed by atoms with Crippen LogP contribution in [0.3, 0.4) is 0 Å². The molecule has 1 heterocycles. The molecule has 0 aliphatic rings. The molecule has 1 rings (SSSR count). The van der Waals surface area contributed by atoms with Crippen LogP contribution in [0.4, 0.5) is 0 Å². The summed E-state index contributed by atoms with van der Waals surface area (Å²) in [5.74, 6) is 0.574. The van der Waals surface area contributed by atoms with Crippen molar-refractivity contribution in [3.8, 4) is 0 Å². The van der Waals surface area contributed by atoms with Gasteiger partial charge in [-0.25, -0.2) is 0 Å². The van der Waals surface area contributed by atoms with Gasteiger partial charge in [0, 0.05) is 32.0 Å². The van der Waals surface area contributed by atoms with Crippen molar-refractivity contribution in [3.63, 3.8) is 0 Å². The molecule has 0 saturated heterocycles. The van der Waals surface area contributed by atoms with E-state index in [9.17, 15) is 9.59 Å². The summed E-state index contributed by atoms with van der Waals surface area (Å²) in [6, 6.07) is 0. The van der Waals surface area contributed by atoms with E-state index in [-0.39, 0.29) is 5.78 Å². The second-order valence-electron chi connectivity index (χ2n) is 5.23. The van der Waals surface area contributed by atoms with E-state index < -0.39 is 0 Å². The first-order chi connectivity index (χ1) is 9.61. The molecule has 1 aromatic heterocycles. The lowest BCUT2D eigenvalue weighted by molar-refractivity contribution is -0.119. The summed E-state index contributed by atoms with van der Waals surface area (Å²) >= 11 is 0. The molecule has 0 fully saturated rings. The summed E-state index contributed by atoms with van der Waals surface area (Å²) in [6.45, 7) is 4.34. The van der Waals surface area contributed by atoms with E-state index in [1.807, 2.05) is 17.8 Å². The molecule has 20 heavy (non-hydrogen) atoms. The van der Waals surface area contributed by atoms with Gasteiger partial charge in [0.05, 0.1) is 5.69 Å². The van der Waals surface area contributed by atoms with Crippen LogP contribution >= 0.6 is 0 Å². The zero-order valence-corrected chi connectivity index (χ0v) is 12.6. The second-order valence-corrected chi connectivity index (χ2v) is 5.23. The Hall–Kier alpha value is -1.52. The van der Waals surface area contributed by atoms with Crippen molar-refractivity contribution >= 4 is 11.6 Å². The number of hydrogen-bond donors (Lipinski definition) is 0. The largest absolute Gasteiger partial charge is 0.300 e. The molecule has 0 atom stereocenters. The van der Waals surface area contributed by atoms with Crippen LogP contribution in [0.15, 0.2) is 6.20 Å². The number of aryl methyl sites for hydroxylation is 2. The molecule has 0 N–H and O–H groups in total. The fourth-order valence-electron chi connectivity index (χ4n) is 2.02. The third kappa shape index (κ3) is 7.16. The molecule has 0 radical (unpaired) electrons. The number of unbranched alkanes of at least 4 members (excludes halogenated alkanes) is 2. The summed E-state index contributed by atoms with van der Waals surface area (Å²) in [5, 5.41) is 8.21. The van der Waals surface area contributed by atoms with Crippen molar-refractivity contribution in [2.75, 3.05) is 0 Å². The second kappa shape index (κ2) is 9.39. The zero-order valence-electron chi connectivity index (χ0n) is 12.6. The molecule has 0 aliphatic carbocycles. The standard InChI is InChI=1S/C15H25N3O2/c1-3-15(20)10-5-4-9-14-12-18(17-16-14)11-7-6-8-13(2)19/h12H,3-11H2,1-2H3. The maximum Gasteiger partial charge on any atom is 0.132 e. The highest BCUT2D eigenvalue weighted by Gasteiger charge is 2.03. The van der Waals surface area contributed by atoms with Gasteiger partial charge in [0.25, 0.3) is 0 Å². The van der Waals surface area contributed by atoms with Gasteiger partial charge in [-0.15, -0.1) is 5.10 Å². The van der Waals surface area contributed by atoms with Crippen LogP contribution < -0.4 is 0 Å². The Morgan fingerprint density at radius 2 is 1.90 bits per heavy atom. The Morgan fingerprint density at radius 1 is 1.15 bits per heavy atom. The summed E-state index contributed by atoms with van der Waals surface area (Å²) < 4.78 is 1.84. The Labute approximate surface area is 120 Å². The van der Waals surface area contributed by atoms with Crippen molar-refractivity contribution in [2.45, 2.75) is 71.8 Å². The van der Waals surface area contributed by atoms with E-state index >= 15 is 0 Å². The Bertz CT molecular complexity index is 427. The maximum atomic E-state index is 11.2. The Kier molecular flexibility index (Phi) is 7.77. The van der Waals surface area contributed by atoms with Crippen molar-refractivity contribution in [3.05, 3.63) is 11.9 Å². The molecule has 5 nitrogen and oxygen atoms in total.